The molecule has 0 saturated heterocycles. The number of rotatable bonds is 4. The minimum absolute atomic E-state index is 0.0556. The molecule has 12 heteroatoms. The molecule has 3 aromatic rings. The van der Waals surface area contributed by atoms with E-state index in [1.54, 1.807) is 12.1 Å². The lowest BCUT2D eigenvalue weighted by Gasteiger charge is -2.21. The van der Waals surface area contributed by atoms with Crippen LogP contribution in [0.5, 0.6) is 5.75 Å². The van der Waals surface area contributed by atoms with Crippen molar-refractivity contribution in [3.8, 4) is 5.75 Å². The first-order valence-electron chi connectivity index (χ1n) is 8.81. The van der Waals surface area contributed by atoms with Gasteiger partial charge in [0.15, 0.2) is 0 Å². The molecule has 0 fully saturated rings. The van der Waals surface area contributed by atoms with Crippen molar-refractivity contribution in [3.05, 3.63) is 48.0 Å². The monoisotopic (exact) mass is 463 g/mol. The van der Waals surface area contributed by atoms with Crippen molar-refractivity contribution in [2.24, 2.45) is 0 Å². The second-order valence-electron chi connectivity index (χ2n) is 6.84. The molecule has 0 radical (unpaired) electrons. The molecule has 0 bridgehead atoms. The van der Waals surface area contributed by atoms with Crippen LogP contribution in [0.1, 0.15) is 5.56 Å². The number of nitrogen functional groups attached to an aromatic ring is 1. The van der Waals surface area contributed by atoms with E-state index in [0.29, 0.717) is 17.9 Å². The van der Waals surface area contributed by atoms with Crippen molar-refractivity contribution in [2.75, 3.05) is 22.9 Å². The highest BCUT2D eigenvalue weighted by atomic mass is 32.2. The molecule has 7 N–H and O–H groups in total. The van der Waals surface area contributed by atoms with Gasteiger partial charge in [0, 0.05) is 17.6 Å². The van der Waals surface area contributed by atoms with Gasteiger partial charge in [-0.3, -0.25) is 9.11 Å². The standard InChI is InChI=1S/C19H17N3O7S2/c20-13-9-12(30(24,25)26)7-11-8-15(31(27,28)29)18(19(23)16(11)13)22-14-5-1-3-10-4-2-6-21-17(10)14/h1-5,7-9,21-23H,6,20H2,(H,24,25,26)(H,27,28,29). The second-order valence-corrected chi connectivity index (χ2v) is 9.65. The number of phenols is 1. The summed E-state index contributed by atoms with van der Waals surface area (Å²) < 4.78 is 66.2. The number of fused-ring (bicyclic) bond motifs is 2. The fraction of sp³-hybridized carbons (Fsp3) is 0.0526. The van der Waals surface area contributed by atoms with E-state index in [-0.39, 0.29) is 22.1 Å². The predicted molar refractivity (Wildman–Crippen MR) is 117 cm³/mol. The lowest BCUT2D eigenvalue weighted by atomic mass is 10.0. The third-order valence-corrected chi connectivity index (χ3v) is 6.51. The van der Waals surface area contributed by atoms with Gasteiger partial charge in [-0.2, -0.15) is 16.8 Å². The lowest BCUT2D eigenvalue weighted by molar-refractivity contribution is 0.473. The average molecular weight is 463 g/mol. The topological polar surface area (TPSA) is 179 Å². The van der Waals surface area contributed by atoms with E-state index < -0.39 is 35.8 Å². The largest absolute Gasteiger partial charge is 0.505 e. The van der Waals surface area contributed by atoms with Crippen molar-refractivity contribution in [1.29, 1.82) is 0 Å². The summed E-state index contributed by atoms with van der Waals surface area (Å²) in [5, 5.41) is 16.7. The van der Waals surface area contributed by atoms with Gasteiger partial charge in [-0.05, 0) is 35.2 Å². The van der Waals surface area contributed by atoms with Crippen LogP contribution in [0.3, 0.4) is 0 Å². The van der Waals surface area contributed by atoms with E-state index in [1.165, 1.54) is 0 Å². The summed E-state index contributed by atoms with van der Waals surface area (Å²) in [5.41, 5.74) is 7.23. The maximum Gasteiger partial charge on any atom is 0.296 e. The molecule has 0 amide bonds. The molecule has 0 aromatic heterocycles. The molecular weight excluding hydrogens is 446 g/mol. The Kier molecular flexibility index (Phi) is 4.81. The Morgan fingerprint density at radius 3 is 2.45 bits per heavy atom. The number of anilines is 4. The summed E-state index contributed by atoms with van der Waals surface area (Å²) in [6.07, 6.45) is 3.77. The summed E-state index contributed by atoms with van der Waals surface area (Å²) >= 11 is 0. The summed E-state index contributed by atoms with van der Waals surface area (Å²) in [4.78, 5) is -1.29. The van der Waals surface area contributed by atoms with E-state index in [1.807, 2.05) is 18.2 Å². The number of aromatic hydroxyl groups is 1. The Morgan fingerprint density at radius 2 is 1.77 bits per heavy atom. The molecule has 1 heterocycles. The van der Waals surface area contributed by atoms with Crippen LogP contribution in [-0.2, 0) is 20.2 Å². The van der Waals surface area contributed by atoms with Crippen molar-refractivity contribution in [2.45, 2.75) is 9.79 Å². The maximum absolute atomic E-state index is 12.1. The molecule has 4 rings (SSSR count). The Hall–Kier alpha value is -3.32. The number of hydrogen-bond acceptors (Lipinski definition) is 8. The van der Waals surface area contributed by atoms with Crippen LogP contribution in [0.15, 0.2) is 52.3 Å². The maximum atomic E-state index is 12.1. The SMILES string of the molecule is Nc1cc(S(=O)(=O)O)cc2cc(S(=O)(=O)O)c(Nc3cccc4c3NCC=C4)c(O)c12. The fourth-order valence-corrected chi connectivity index (χ4v) is 4.70. The third kappa shape index (κ3) is 3.77. The molecule has 1 aliphatic rings. The first kappa shape index (κ1) is 20.9. The molecule has 0 spiro atoms. The third-order valence-electron chi connectivity index (χ3n) is 4.81. The Labute approximate surface area is 177 Å². The van der Waals surface area contributed by atoms with Crippen LogP contribution in [-0.4, -0.2) is 37.6 Å². The van der Waals surface area contributed by atoms with Gasteiger partial charge in [-0.25, -0.2) is 0 Å². The summed E-state index contributed by atoms with van der Waals surface area (Å²) in [7, 11) is -9.51. The van der Waals surface area contributed by atoms with Gasteiger partial charge < -0.3 is 21.5 Å². The number of benzene rings is 3. The Balaban J connectivity index is 2.01. The predicted octanol–water partition coefficient (Wildman–Crippen LogP) is 2.80. The minimum atomic E-state index is -4.86. The van der Waals surface area contributed by atoms with E-state index >= 15 is 0 Å². The van der Waals surface area contributed by atoms with Crippen molar-refractivity contribution < 1.29 is 31.0 Å². The van der Waals surface area contributed by atoms with Crippen LogP contribution in [0, 0.1) is 0 Å². The van der Waals surface area contributed by atoms with E-state index in [9.17, 15) is 31.0 Å². The number of nitrogens with two attached hydrogens (primary N) is 1. The fourth-order valence-electron chi connectivity index (χ4n) is 3.47. The molecule has 0 aliphatic carbocycles. The minimum Gasteiger partial charge on any atom is -0.505 e. The average Bonchev–Trinajstić information content (AvgIpc) is 2.68. The lowest BCUT2D eigenvalue weighted by Crippen LogP contribution is -2.09. The van der Waals surface area contributed by atoms with Gasteiger partial charge in [-0.15, -0.1) is 0 Å². The highest BCUT2D eigenvalue weighted by Crippen LogP contribution is 2.44. The van der Waals surface area contributed by atoms with Crippen molar-refractivity contribution in [1.82, 2.24) is 0 Å². The number of phenolic OH excluding ortho intramolecular Hbond substituents is 1. The molecule has 0 unspecified atom stereocenters. The highest BCUT2D eigenvalue weighted by Gasteiger charge is 2.25. The number of hydrogen-bond donors (Lipinski definition) is 6. The van der Waals surface area contributed by atoms with Crippen LogP contribution in [0.2, 0.25) is 0 Å². The van der Waals surface area contributed by atoms with Gasteiger partial charge >= 0.3 is 0 Å². The van der Waals surface area contributed by atoms with E-state index in [0.717, 1.165) is 23.8 Å². The van der Waals surface area contributed by atoms with Crippen LogP contribution in [0.25, 0.3) is 16.8 Å². The van der Waals surface area contributed by atoms with Gasteiger partial charge in [-0.1, -0.05) is 24.3 Å². The zero-order valence-corrected chi connectivity index (χ0v) is 17.3. The first-order valence-corrected chi connectivity index (χ1v) is 11.7. The number of nitrogens with one attached hydrogen (secondary N) is 2. The quantitative estimate of drug-likeness (QED) is 0.191. The number of para-hydroxylation sites is 1. The first-order chi connectivity index (χ1) is 14.5. The summed E-state index contributed by atoms with van der Waals surface area (Å²) in [6, 6.07) is 8.03. The molecule has 31 heavy (non-hydrogen) atoms. The Bertz CT molecular complexity index is 1480. The van der Waals surface area contributed by atoms with Crippen LogP contribution < -0.4 is 16.4 Å². The van der Waals surface area contributed by atoms with Gasteiger partial charge in [0.25, 0.3) is 20.2 Å². The van der Waals surface area contributed by atoms with E-state index in [4.69, 9.17) is 5.73 Å². The van der Waals surface area contributed by atoms with Gasteiger partial charge in [0.05, 0.1) is 16.3 Å². The van der Waals surface area contributed by atoms with Crippen molar-refractivity contribution in [3.63, 3.8) is 0 Å². The molecule has 0 atom stereocenters. The van der Waals surface area contributed by atoms with Crippen LogP contribution in [0.4, 0.5) is 22.7 Å². The molecular formula is C19H17N3O7S2. The van der Waals surface area contributed by atoms with Gasteiger partial charge in [0.2, 0.25) is 0 Å². The van der Waals surface area contributed by atoms with E-state index in [2.05, 4.69) is 10.6 Å². The Morgan fingerprint density at radius 1 is 1.03 bits per heavy atom. The highest BCUT2D eigenvalue weighted by molar-refractivity contribution is 7.86. The molecule has 0 saturated carbocycles. The zero-order chi connectivity index (χ0) is 22.6. The summed E-state index contributed by atoms with van der Waals surface area (Å²) in [5.74, 6) is -0.617. The summed E-state index contributed by atoms with van der Waals surface area (Å²) in [6.45, 7) is 0.534. The molecule has 1 aliphatic heterocycles. The van der Waals surface area contributed by atoms with Gasteiger partial charge in [0.1, 0.15) is 16.3 Å². The van der Waals surface area contributed by atoms with Crippen molar-refractivity contribution >= 4 is 59.8 Å². The second kappa shape index (κ2) is 7.13. The molecule has 162 valence electrons. The smallest absolute Gasteiger partial charge is 0.296 e. The van der Waals surface area contributed by atoms with Crippen LogP contribution >= 0.6 is 0 Å². The molecule has 3 aromatic carbocycles. The molecule has 10 nitrogen and oxygen atoms in total. The normalized spacial score (nSPS) is 13.6. The zero-order valence-electron chi connectivity index (χ0n) is 15.7.